The first-order chi connectivity index (χ1) is 16.5. The largest absolute Gasteiger partial charge is 0.377 e. The molecule has 3 amide bonds. The fourth-order valence-electron chi connectivity index (χ4n) is 4.67. The van der Waals surface area contributed by atoms with Crippen LogP contribution in [0.25, 0.3) is 11.4 Å². The van der Waals surface area contributed by atoms with E-state index in [1.165, 1.54) is 0 Å². The molecular formula is C25H30N6O3. The molecule has 2 N–H and O–H groups in total. The van der Waals surface area contributed by atoms with E-state index in [2.05, 4.69) is 22.5 Å². The maximum Gasteiger partial charge on any atom is 0.319 e. The van der Waals surface area contributed by atoms with Crippen LogP contribution in [0, 0.1) is 5.92 Å². The fourth-order valence-corrected chi connectivity index (χ4v) is 4.67. The maximum atomic E-state index is 12.8. The minimum atomic E-state index is -0.173. The first-order valence-electron chi connectivity index (χ1n) is 12.3. The number of urea groups is 1. The smallest absolute Gasteiger partial charge is 0.319 e. The highest BCUT2D eigenvalue weighted by Gasteiger charge is 2.38. The van der Waals surface area contributed by atoms with Gasteiger partial charge in [-0.25, -0.2) is 14.8 Å². The van der Waals surface area contributed by atoms with Crippen LogP contribution in [-0.4, -0.2) is 58.6 Å². The molecule has 178 valence electrons. The monoisotopic (exact) mass is 462 g/mol. The van der Waals surface area contributed by atoms with Crippen LogP contribution in [0.5, 0.6) is 0 Å². The number of fused-ring (bicyclic) bond motifs is 1. The van der Waals surface area contributed by atoms with Gasteiger partial charge in [0, 0.05) is 35.3 Å². The molecule has 3 heterocycles. The van der Waals surface area contributed by atoms with Crippen LogP contribution < -0.4 is 15.5 Å². The Bertz CT molecular complexity index is 1110. The summed E-state index contributed by atoms with van der Waals surface area (Å²) in [6.07, 6.45) is 4.09. The third kappa shape index (κ3) is 4.32. The van der Waals surface area contributed by atoms with Gasteiger partial charge < -0.3 is 25.2 Å². The standard InChI is InChI=1S/C25H30N6O3/c1-15-14-34-11-10-31(15)23-20-12-30(24(32)17-2-3-17)13-21(20)28-22(29-23)16-4-6-18(7-5-16)26-25(33)27-19-8-9-19/h4-7,15,17,19H,2-3,8-14H2,1H3,(H2,26,27,33)/t15-/m0/s1. The van der Waals surface area contributed by atoms with Gasteiger partial charge in [0.15, 0.2) is 5.82 Å². The number of aromatic nitrogens is 2. The van der Waals surface area contributed by atoms with Crippen LogP contribution in [0.2, 0.25) is 0 Å². The molecular weight excluding hydrogens is 432 g/mol. The van der Waals surface area contributed by atoms with Crippen LogP contribution in [0.1, 0.15) is 43.9 Å². The van der Waals surface area contributed by atoms with Crippen molar-refractivity contribution in [2.24, 2.45) is 5.92 Å². The molecule has 1 aromatic carbocycles. The Balaban J connectivity index is 1.28. The predicted molar refractivity (Wildman–Crippen MR) is 127 cm³/mol. The van der Waals surface area contributed by atoms with E-state index < -0.39 is 0 Å². The van der Waals surface area contributed by atoms with Crippen molar-refractivity contribution in [3.05, 3.63) is 35.5 Å². The lowest BCUT2D eigenvalue weighted by Gasteiger charge is -2.35. The Morgan fingerprint density at radius 1 is 1.06 bits per heavy atom. The molecule has 0 unspecified atom stereocenters. The number of carbonyl (C=O) groups is 2. The molecule has 0 radical (unpaired) electrons. The summed E-state index contributed by atoms with van der Waals surface area (Å²) in [6, 6.07) is 7.95. The van der Waals surface area contributed by atoms with Gasteiger partial charge >= 0.3 is 6.03 Å². The van der Waals surface area contributed by atoms with Crippen LogP contribution in [-0.2, 0) is 22.6 Å². The minimum absolute atomic E-state index is 0.173. The van der Waals surface area contributed by atoms with E-state index in [1.807, 2.05) is 29.2 Å². The summed E-state index contributed by atoms with van der Waals surface area (Å²) in [7, 11) is 0. The first kappa shape index (κ1) is 21.3. The summed E-state index contributed by atoms with van der Waals surface area (Å²) in [4.78, 5) is 38.9. The van der Waals surface area contributed by atoms with Gasteiger partial charge in [-0.1, -0.05) is 0 Å². The Kier molecular flexibility index (Phi) is 5.36. The number of nitrogens with one attached hydrogen (secondary N) is 2. The van der Waals surface area contributed by atoms with Crippen molar-refractivity contribution < 1.29 is 14.3 Å². The van der Waals surface area contributed by atoms with Gasteiger partial charge in [0.05, 0.1) is 38.0 Å². The molecule has 1 saturated heterocycles. The van der Waals surface area contributed by atoms with E-state index >= 15 is 0 Å². The lowest BCUT2D eigenvalue weighted by Crippen LogP contribution is -2.44. The maximum absolute atomic E-state index is 12.8. The van der Waals surface area contributed by atoms with Crippen LogP contribution >= 0.6 is 0 Å². The van der Waals surface area contributed by atoms with Crippen molar-refractivity contribution in [2.45, 2.75) is 57.8 Å². The van der Waals surface area contributed by atoms with E-state index in [4.69, 9.17) is 14.7 Å². The number of morpholine rings is 1. The topological polar surface area (TPSA) is 99.7 Å². The van der Waals surface area contributed by atoms with Crippen molar-refractivity contribution in [3.8, 4) is 11.4 Å². The lowest BCUT2D eigenvalue weighted by molar-refractivity contribution is -0.133. The van der Waals surface area contributed by atoms with E-state index in [0.29, 0.717) is 38.2 Å². The molecule has 2 aliphatic carbocycles. The number of benzene rings is 1. The molecule has 0 bridgehead atoms. The zero-order valence-electron chi connectivity index (χ0n) is 19.4. The number of ether oxygens (including phenoxy) is 1. The molecule has 34 heavy (non-hydrogen) atoms. The number of hydrogen-bond donors (Lipinski definition) is 2. The van der Waals surface area contributed by atoms with Gasteiger partial charge in [0.25, 0.3) is 0 Å². The normalized spacial score (nSPS) is 21.9. The first-order valence-corrected chi connectivity index (χ1v) is 12.3. The number of anilines is 2. The minimum Gasteiger partial charge on any atom is -0.377 e. The van der Waals surface area contributed by atoms with Gasteiger partial charge in [-0.3, -0.25) is 4.79 Å². The van der Waals surface area contributed by atoms with Gasteiger partial charge in [-0.2, -0.15) is 0 Å². The third-order valence-corrected chi connectivity index (χ3v) is 6.95. The van der Waals surface area contributed by atoms with Gasteiger partial charge in [0.1, 0.15) is 5.82 Å². The van der Waals surface area contributed by atoms with Crippen molar-refractivity contribution in [1.29, 1.82) is 0 Å². The Morgan fingerprint density at radius 3 is 2.56 bits per heavy atom. The van der Waals surface area contributed by atoms with Crippen molar-refractivity contribution >= 4 is 23.4 Å². The molecule has 4 aliphatic rings. The highest BCUT2D eigenvalue weighted by Crippen LogP contribution is 2.37. The van der Waals surface area contributed by atoms with E-state index in [-0.39, 0.29) is 23.9 Å². The molecule has 6 rings (SSSR count). The number of hydrogen-bond acceptors (Lipinski definition) is 6. The zero-order valence-corrected chi connectivity index (χ0v) is 19.4. The molecule has 9 heteroatoms. The van der Waals surface area contributed by atoms with Crippen molar-refractivity contribution in [1.82, 2.24) is 20.2 Å². The number of rotatable bonds is 5. The highest BCUT2D eigenvalue weighted by molar-refractivity contribution is 5.90. The Morgan fingerprint density at radius 2 is 1.85 bits per heavy atom. The quantitative estimate of drug-likeness (QED) is 0.709. The lowest BCUT2D eigenvalue weighted by atomic mass is 10.1. The average Bonchev–Trinajstić information content (AvgIpc) is 3.77. The van der Waals surface area contributed by atoms with Gasteiger partial charge in [-0.15, -0.1) is 0 Å². The van der Waals surface area contributed by atoms with E-state index in [0.717, 1.165) is 60.6 Å². The fraction of sp³-hybridized carbons (Fsp3) is 0.520. The van der Waals surface area contributed by atoms with Crippen molar-refractivity contribution in [2.75, 3.05) is 30.0 Å². The summed E-state index contributed by atoms with van der Waals surface area (Å²) in [5.74, 6) is 1.97. The Hall–Kier alpha value is -3.20. The molecule has 2 saturated carbocycles. The average molecular weight is 463 g/mol. The van der Waals surface area contributed by atoms with E-state index in [1.54, 1.807) is 0 Å². The molecule has 1 aromatic heterocycles. The van der Waals surface area contributed by atoms with Gasteiger partial charge in [-0.05, 0) is 56.9 Å². The Labute approximate surface area is 198 Å². The van der Waals surface area contributed by atoms with E-state index in [9.17, 15) is 9.59 Å². The summed E-state index contributed by atoms with van der Waals surface area (Å²) in [6.45, 7) is 5.33. The molecule has 1 atom stereocenters. The number of amides is 3. The molecule has 2 aliphatic heterocycles. The molecule has 2 aromatic rings. The summed E-state index contributed by atoms with van der Waals surface area (Å²) < 4.78 is 5.65. The van der Waals surface area contributed by atoms with Gasteiger partial charge in [0.2, 0.25) is 5.91 Å². The zero-order chi connectivity index (χ0) is 23.2. The SMILES string of the molecule is C[C@H]1COCCN1c1nc(-c2ccc(NC(=O)NC3CC3)cc2)nc2c1CN(C(=O)C1CC1)C2. The summed E-state index contributed by atoms with van der Waals surface area (Å²) >= 11 is 0. The molecule has 9 nitrogen and oxygen atoms in total. The summed E-state index contributed by atoms with van der Waals surface area (Å²) in [5.41, 5.74) is 3.59. The number of nitrogens with zero attached hydrogens (tertiary/aromatic N) is 4. The second-order valence-electron chi connectivity index (χ2n) is 9.83. The molecule has 0 spiro atoms. The second-order valence-corrected chi connectivity index (χ2v) is 9.83. The van der Waals surface area contributed by atoms with Crippen LogP contribution in [0.15, 0.2) is 24.3 Å². The molecule has 3 fully saturated rings. The predicted octanol–water partition coefficient (Wildman–Crippen LogP) is 2.90. The van der Waals surface area contributed by atoms with Crippen LogP contribution in [0.3, 0.4) is 0 Å². The van der Waals surface area contributed by atoms with Crippen molar-refractivity contribution in [3.63, 3.8) is 0 Å². The highest BCUT2D eigenvalue weighted by atomic mass is 16.5. The second kappa shape index (κ2) is 8.54. The van der Waals surface area contributed by atoms with Crippen LogP contribution in [0.4, 0.5) is 16.3 Å². The third-order valence-electron chi connectivity index (χ3n) is 6.95. The number of carbonyl (C=O) groups excluding carboxylic acids is 2. The summed E-state index contributed by atoms with van der Waals surface area (Å²) in [5, 5.41) is 5.81.